The highest BCUT2D eigenvalue weighted by atomic mass is 16.5. The fraction of sp³-hybridized carbons (Fsp3) is 0.500. The molecule has 0 aliphatic rings. The number of carbonyl (C=O) groups is 1. The van der Waals surface area contributed by atoms with Gasteiger partial charge in [0.1, 0.15) is 5.75 Å². The number of carbonyl (C=O) groups excluding carboxylic acids is 1. The molecule has 2 aromatic carbocycles. The van der Waals surface area contributed by atoms with Crippen LogP contribution in [0.15, 0.2) is 67.0 Å². The van der Waals surface area contributed by atoms with Gasteiger partial charge in [-0.3, -0.25) is 4.79 Å². The number of ether oxygens (including phenoxy) is 2. The molecule has 1 atom stereocenters. The van der Waals surface area contributed by atoms with Crippen molar-refractivity contribution in [3.05, 3.63) is 72.6 Å². The summed E-state index contributed by atoms with van der Waals surface area (Å²) in [7, 11) is 0. The van der Waals surface area contributed by atoms with Crippen LogP contribution in [0.2, 0.25) is 0 Å². The number of esters is 1. The van der Waals surface area contributed by atoms with Crippen molar-refractivity contribution in [2.24, 2.45) is 0 Å². The van der Waals surface area contributed by atoms with Crippen molar-refractivity contribution in [2.45, 2.75) is 90.5 Å². The molecular formula is C32H44NO3+. The lowest BCUT2D eigenvalue weighted by molar-refractivity contribution is -0.697. The molecule has 1 aromatic heterocycles. The summed E-state index contributed by atoms with van der Waals surface area (Å²) in [4.78, 5) is 12.6. The molecule has 0 N–H and O–H groups in total. The SMILES string of the molecule is CCCCCCCCCCCCOc1ccc2cc([C@H](C)C(=O)OCC[n+]3ccccc3)ccc2c1. The van der Waals surface area contributed by atoms with Crippen molar-refractivity contribution in [3.63, 3.8) is 0 Å². The summed E-state index contributed by atoms with van der Waals surface area (Å²) in [5, 5.41) is 2.23. The first-order valence-corrected chi connectivity index (χ1v) is 13.9. The number of unbranched alkanes of at least 4 members (excludes halogenated alkanes) is 9. The molecule has 0 aliphatic carbocycles. The third-order valence-electron chi connectivity index (χ3n) is 6.83. The Morgan fingerprint density at radius 1 is 0.778 bits per heavy atom. The highest BCUT2D eigenvalue weighted by Gasteiger charge is 2.18. The molecular weight excluding hydrogens is 446 g/mol. The molecule has 36 heavy (non-hydrogen) atoms. The first-order chi connectivity index (χ1) is 17.7. The maximum atomic E-state index is 12.6. The Bertz CT molecular complexity index is 1030. The number of hydrogen-bond acceptors (Lipinski definition) is 3. The minimum absolute atomic E-state index is 0.192. The fourth-order valence-electron chi connectivity index (χ4n) is 4.48. The van der Waals surface area contributed by atoms with Gasteiger partial charge in [-0.15, -0.1) is 0 Å². The maximum absolute atomic E-state index is 12.6. The molecule has 0 aliphatic heterocycles. The minimum Gasteiger partial charge on any atom is -0.494 e. The molecule has 1 heterocycles. The molecule has 0 saturated carbocycles. The largest absolute Gasteiger partial charge is 0.494 e. The van der Waals surface area contributed by atoms with E-state index in [2.05, 4.69) is 31.2 Å². The predicted octanol–water partition coefficient (Wildman–Crippen LogP) is 7.77. The summed E-state index contributed by atoms with van der Waals surface area (Å²) in [5.74, 6) is 0.418. The number of rotatable bonds is 17. The smallest absolute Gasteiger partial charge is 0.313 e. The van der Waals surface area contributed by atoms with Gasteiger partial charge < -0.3 is 9.47 Å². The van der Waals surface area contributed by atoms with Crippen molar-refractivity contribution in [3.8, 4) is 5.75 Å². The molecule has 4 nitrogen and oxygen atoms in total. The third-order valence-corrected chi connectivity index (χ3v) is 6.83. The van der Waals surface area contributed by atoms with Crippen LogP contribution in [-0.4, -0.2) is 19.2 Å². The summed E-state index contributed by atoms with van der Waals surface area (Å²) in [6.45, 7) is 5.96. The monoisotopic (exact) mass is 490 g/mol. The average Bonchev–Trinajstić information content (AvgIpc) is 2.91. The van der Waals surface area contributed by atoms with Crippen LogP contribution in [0.5, 0.6) is 5.75 Å². The van der Waals surface area contributed by atoms with Gasteiger partial charge in [-0.25, -0.2) is 4.57 Å². The quantitative estimate of drug-likeness (QED) is 0.110. The van der Waals surface area contributed by atoms with E-state index in [4.69, 9.17) is 9.47 Å². The highest BCUT2D eigenvalue weighted by molar-refractivity contribution is 5.86. The van der Waals surface area contributed by atoms with Crippen LogP contribution in [0.4, 0.5) is 0 Å². The number of benzene rings is 2. The van der Waals surface area contributed by atoms with Crippen molar-refractivity contribution in [2.75, 3.05) is 13.2 Å². The average molecular weight is 491 g/mol. The second-order valence-electron chi connectivity index (χ2n) is 9.80. The lowest BCUT2D eigenvalue weighted by Crippen LogP contribution is -2.35. The van der Waals surface area contributed by atoms with Crippen molar-refractivity contribution in [1.29, 1.82) is 0 Å². The van der Waals surface area contributed by atoms with E-state index in [9.17, 15) is 4.79 Å². The van der Waals surface area contributed by atoms with E-state index in [1.165, 1.54) is 57.8 Å². The Kier molecular flexibility index (Phi) is 12.3. The van der Waals surface area contributed by atoms with Gasteiger partial charge in [-0.2, -0.15) is 0 Å². The van der Waals surface area contributed by atoms with Gasteiger partial charge in [-0.1, -0.05) is 95.0 Å². The van der Waals surface area contributed by atoms with Gasteiger partial charge in [0.05, 0.1) is 12.5 Å². The zero-order valence-electron chi connectivity index (χ0n) is 22.3. The van der Waals surface area contributed by atoms with Gasteiger partial charge in [-0.05, 0) is 41.8 Å². The van der Waals surface area contributed by atoms with Gasteiger partial charge in [0.25, 0.3) is 0 Å². The van der Waals surface area contributed by atoms with Crippen LogP contribution >= 0.6 is 0 Å². The predicted molar refractivity (Wildman–Crippen MR) is 147 cm³/mol. The Morgan fingerprint density at radius 2 is 1.42 bits per heavy atom. The summed E-state index contributed by atoms with van der Waals surface area (Å²) in [6, 6.07) is 18.3. The molecule has 0 fully saturated rings. The number of hydrogen-bond donors (Lipinski definition) is 0. The molecule has 4 heteroatoms. The number of aromatic nitrogens is 1. The van der Waals surface area contributed by atoms with Crippen LogP contribution in [0.3, 0.4) is 0 Å². The normalized spacial score (nSPS) is 11.9. The second kappa shape index (κ2) is 16.0. The Hall–Kier alpha value is -2.88. The van der Waals surface area contributed by atoms with Crippen LogP contribution < -0.4 is 9.30 Å². The summed E-state index contributed by atoms with van der Waals surface area (Å²) < 4.78 is 13.5. The first kappa shape index (κ1) is 27.7. The van der Waals surface area contributed by atoms with Crippen LogP contribution in [0.1, 0.15) is 89.5 Å². The highest BCUT2D eigenvalue weighted by Crippen LogP contribution is 2.26. The van der Waals surface area contributed by atoms with E-state index in [0.29, 0.717) is 13.2 Å². The van der Waals surface area contributed by atoms with E-state index in [0.717, 1.165) is 35.1 Å². The third kappa shape index (κ3) is 9.64. The fourth-order valence-corrected chi connectivity index (χ4v) is 4.48. The summed E-state index contributed by atoms with van der Waals surface area (Å²) in [6.07, 6.45) is 17.2. The lowest BCUT2D eigenvalue weighted by atomic mass is 9.98. The minimum atomic E-state index is -0.303. The lowest BCUT2D eigenvalue weighted by Gasteiger charge is -2.13. The van der Waals surface area contributed by atoms with E-state index in [1.54, 1.807) is 0 Å². The van der Waals surface area contributed by atoms with E-state index >= 15 is 0 Å². The Labute approximate surface area is 217 Å². The zero-order valence-corrected chi connectivity index (χ0v) is 22.3. The molecule has 0 bridgehead atoms. The Morgan fingerprint density at radius 3 is 2.14 bits per heavy atom. The molecule has 3 rings (SSSR count). The van der Waals surface area contributed by atoms with Crippen LogP contribution in [0, 0.1) is 0 Å². The standard InChI is InChI=1S/C32H44NO3/c1-3-4-5-6-7-8-9-10-11-15-23-35-31-19-18-29-25-28(16-17-30(29)26-31)27(2)32(34)36-24-22-33-20-13-12-14-21-33/h12-14,16-21,25-27H,3-11,15,22-24H2,1-2H3/q+1/t27-/m0/s1. The van der Waals surface area contributed by atoms with Crippen LogP contribution in [0.25, 0.3) is 10.8 Å². The van der Waals surface area contributed by atoms with E-state index in [1.807, 2.05) is 54.2 Å². The molecule has 3 aromatic rings. The van der Waals surface area contributed by atoms with Crippen molar-refractivity contribution in [1.82, 2.24) is 0 Å². The van der Waals surface area contributed by atoms with Crippen molar-refractivity contribution < 1.29 is 18.8 Å². The molecule has 0 unspecified atom stereocenters. The van der Waals surface area contributed by atoms with Crippen molar-refractivity contribution >= 4 is 16.7 Å². The summed E-state index contributed by atoms with van der Waals surface area (Å²) in [5.41, 5.74) is 0.971. The zero-order chi connectivity index (χ0) is 25.4. The van der Waals surface area contributed by atoms with Crippen LogP contribution in [-0.2, 0) is 16.1 Å². The van der Waals surface area contributed by atoms with E-state index in [-0.39, 0.29) is 11.9 Å². The number of fused-ring (bicyclic) bond motifs is 1. The van der Waals surface area contributed by atoms with Gasteiger partial charge in [0.2, 0.25) is 0 Å². The van der Waals surface area contributed by atoms with Gasteiger partial charge >= 0.3 is 5.97 Å². The second-order valence-corrected chi connectivity index (χ2v) is 9.80. The molecule has 0 amide bonds. The summed E-state index contributed by atoms with van der Waals surface area (Å²) >= 11 is 0. The maximum Gasteiger partial charge on any atom is 0.313 e. The van der Waals surface area contributed by atoms with E-state index < -0.39 is 0 Å². The van der Waals surface area contributed by atoms with Gasteiger partial charge in [0, 0.05) is 12.1 Å². The molecule has 0 saturated heterocycles. The Balaban J connectivity index is 1.36. The molecule has 0 radical (unpaired) electrons. The molecule has 194 valence electrons. The van der Waals surface area contributed by atoms with Gasteiger partial charge in [0.15, 0.2) is 25.5 Å². The number of nitrogens with zero attached hydrogens (tertiary/aromatic N) is 1. The number of pyridine rings is 1. The first-order valence-electron chi connectivity index (χ1n) is 13.9. The topological polar surface area (TPSA) is 39.4 Å². The molecule has 0 spiro atoms.